The van der Waals surface area contributed by atoms with Gasteiger partial charge in [0.2, 0.25) is 0 Å². The molecule has 0 atom stereocenters. The second-order valence-corrected chi connectivity index (χ2v) is 5.05. The molecule has 0 unspecified atom stereocenters. The number of hydrogen-bond donors (Lipinski definition) is 2. The molecule has 0 radical (unpaired) electrons. The minimum Gasteiger partial charge on any atom is -0.482 e. The molecule has 3 rings (SSSR count). The van der Waals surface area contributed by atoms with Crippen LogP contribution in [0.5, 0.6) is 5.75 Å². The van der Waals surface area contributed by atoms with Gasteiger partial charge in [0.15, 0.2) is 6.61 Å². The maximum atomic E-state index is 12.0. The van der Waals surface area contributed by atoms with Crippen molar-refractivity contribution in [1.29, 1.82) is 0 Å². The molecule has 2 N–H and O–H groups in total. The van der Waals surface area contributed by atoms with Crippen molar-refractivity contribution in [2.45, 2.75) is 6.92 Å². The number of amides is 2. The lowest BCUT2D eigenvalue weighted by atomic mass is 10.1. The van der Waals surface area contributed by atoms with E-state index >= 15 is 0 Å². The van der Waals surface area contributed by atoms with Gasteiger partial charge in [0.1, 0.15) is 5.75 Å². The van der Waals surface area contributed by atoms with E-state index in [-0.39, 0.29) is 18.4 Å². The molecule has 23 heavy (non-hydrogen) atoms. The summed E-state index contributed by atoms with van der Waals surface area (Å²) in [7, 11) is 0. The zero-order valence-electron chi connectivity index (χ0n) is 12.5. The van der Waals surface area contributed by atoms with Gasteiger partial charge in [-0.3, -0.25) is 9.59 Å². The summed E-state index contributed by atoms with van der Waals surface area (Å²) in [6.45, 7) is 1.80. The van der Waals surface area contributed by atoms with Crippen LogP contribution in [0.2, 0.25) is 0 Å². The number of hydrazone groups is 1. The molecule has 1 aliphatic heterocycles. The highest BCUT2D eigenvalue weighted by Gasteiger charge is 2.16. The second-order valence-electron chi connectivity index (χ2n) is 5.05. The second kappa shape index (κ2) is 6.31. The van der Waals surface area contributed by atoms with Crippen LogP contribution in [0, 0.1) is 0 Å². The van der Waals surface area contributed by atoms with Gasteiger partial charge in [-0.05, 0) is 42.8 Å². The average molecular weight is 309 g/mol. The summed E-state index contributed by atoms with van der Waals surface area (Å²) in [4.78, 5) is 23.3. The SMILES string of the molecule is C/C(=N/NC(=O)c1ccccc1)c1ccc2c(c1)NC(=O)CO2. The predicted octanol–water partition coefficient (Wildman–Crippen LogP) is 2.17. The van der Waals surface area contributed by atoms with E-state index in [0.717, 1.165) is 5.56 Å². The molecule has 0 aliphatic carbocycles. The van der Waals surface area contributed by atoms with E-state index in [0.29, 0.717) is 22.7 Å². The van der Waals surface area contributed by atoms with Gasteiger partial charge >= 0.3 is 0 Å². The van der Waals surface area contributed by atoms with E-state index in [9.17, 15) is 9.59 Å². The summed E-state index contributed by atoms with van der Waals surface area (Å²) in [5, 5.41) is 6.84. The highest BCUT2D eigenvalue weighted by molar-refractivity contribution is 6.03. The van der Waals surface area contributed by atoms with E-state index in [2.05, 4.69) is 15.8 Å². The molecule has 1 aliphatic rings. The van der Waals surface area contributed by atoms with E-state index in [1.165, 1.54) is 0 Å². The fourth-order valence-electron chi connectivity index (χ4n) is 2.16. The third-order valence-corrected chi connectivity index (χ3v) is 3.39. The number of anilines is 1. The highest BCUT2D eigenvalue weighted by atomic mass is 16.5. The fourth-order valence-corrected chi connectivity index (χ4v) is 2.16. The van der Waals surface area contributed by atoms with Crippen LogP contribution in [0.4, 0.5) is 5.69 Å². The van der Waals surface area contributed by atoms with Crippen LogP contribution in [-0.2, 0) is 4.79 Å². The summed E-state index contributed by atoms with van der Waals surface area (Å²) in [5.74, 6) is 0.149. The predicted molar refractivity (Wildman–Crippen MR) is 86.7 cm³/mol. The van der Waals surface area contributed by atoms with Gasteiger partial charge in [-0.2, -0.15) is 5.10 Å². The Balaban J connectivity index is 1.75. The highest BCUT2D eigenvalue weighted by Crippen LogP contribution is 2.28. The summed E-state index contributed by atoms with van der Waals surface area (Å²) >= 11 is 0. The number of nitrogens with zero attached hydrogens (tertiary/aromatic N) is 1. The van der Waals surface area contributed by atoms with Crippen LogP contribution < -0.4 is 15.5 Å². The number of hydrogen-bond acceptors (Lipinski definition) is 4. The minimum absolute atomic E-state index is 0.0204. The maximum Gasteiger partial charge on any atom is 0.271 e. The van der Waals surface area contributed by atoms with E-state index in [1.807, 2.05) is 12.1 Å². The number of fused-ring (bicyclic) bond motifs is 1. The number of benzene rings is 2. The van der Waals surface area contributed by atoms with Gasteiger partial charge in [-0.1, -0.05) is 18.2 Å². The van der Waals surface area contributed by atoms with Crippen molar-refractivity contribution in [3.63, 3.8) is 0 Å². The number of carbonyl (C=O) groups is 2. The van der Waals surface area contributed by atoms with Crippen molar-refractivity contribution in [2.24, 2.45) is 5.10 Å². The maximum absolute atomic E-state index is 12.0. The number of nitrogens with one attached hydrogen (secondary N) is 2. The molecule has 1 heterocycles. The zero-order chi connectivity index (χ0) is 16.2. The molecule has 2 aromatic carbocycles. The molecule has 116 valence electrons. The van der Waals surface area contributed by atoms with Gasteiger partial charge in [0.25, 0.3) is 11.8 Å². The van der Waals surface area contributed by atoms with E-state index in [1.54, 1.807) is 43.3 Å². The first-order valence-electron chi connectivity index (χ1n) is 7.10. The Morgan fingerprint density at radius 2 is 1.96 bits per heavy atom. The Bertz CT molecular complexity index is 785. The van der Waals surface area contributed by atoms with Crippen molar-refractivity contribution in [3.8, 4) is 5.75 Å². The average Bonchev–Trinajstić information content (AvgIpc) is 2.59. The largest absolute Gasteiger partial charge is 0.482 e. The lowest BCUT2D eigenvalue weighted by Gasteiger charge is -2.18. The van der Waals surface area contributed by atoms with Crippen molar-refractivity contribution >= 4 is 23.2 Å². The first-order valence-corrected chi connectivity index (χ1v) is 7.10. The van der Waals surface area contributed by atoms with Crippen LogP contribution >= 0.6 is 0 Å². The Morgan fingerprint density at radius 1 is 1.17 bits per heavy atom. The van der Waals surface area contributed by atoms with Crippen molar-refractivity contribution in [2.75, 3.05) is 11.9 Å². The third-order valence-electron chi connectivity index (χ3n) is 3.39. The van der Waals surface area contributed by atoms with Gasteiger partial charge in [0, 0.05) is 5.56 Å². The Labute approximate surface area is 133 Å². The molecular formula is C17H15N3O3. The van der Waals surface area contributed by atoms with Gasteiger partial charge in [-0.15, -0.1) is 0 Å². The number of carbonyl (C=O) groups excluding carboxylic acids is 2. The van der Waals surface area contributed by atoms with Gasteiger partial charge in [-0.25, -0.2) is 5.43 Å². The first kappa shape index (κ1) is 14.8. The molecular weight excluding hydrogens is 294 g/mol. The standard InChI is InChI=1S/C17H15N3O3/c1-11(19-20-17(22)12-5-3-2-4-6-12)13-7-8-15-14(9-13)18-16(21)10-23-15/h2-9H,10H2,1H3,(H,18,21)(H,20,22)/b19-11-. The van der Waals surface area contributed by atoms with Crippen LogP contribution in [-0.4, -0.2) is 24.1 Å². The number of rotatable bonds is 3. The molecule has 0 spiro atoms. The smallest absolute Gasteiger partial charge is 0.271 e. The normalized spacial score (nSPS) is 13.6. The van der Waals surface area contributed by atoms with Crippen LogP contribution in [0.15, 0.2) is 53.6 Å². The Kier molecular flexibility index (Phi) is 4.05. The zero-order valence-corrected chi connectivity index (χ0v) is 12.5. The molecule has 6 heteroatoms. The van der Waals surface area contributed by atoms with E-state index < -0.39 is 0 Å². The van der Waals surface area contributed by atoms with Gasteiger partial charge in [0.05, 0.1) is 11.4 Å². The molecule has 0 bridgehead atoms. The van der Waals surface area contributed by atoms with Crippen LogP contribution in [0.1, 0.15) is 22.8 Å². The summed E-state index contributed by atoms with van der Waals surface area (Å²) < 4.78 is 5.30. The van der Waals surface area contributed by atoms with Crippen LogP contribution in [0.25, 0.3) is 0 Å². The number of ether oxygens (including phenoxy) is 1. The Hall–Kier alpha value is -3.15. The first-order chi connectivity index (χ1) is 11.1. The molecule has 6 nitrogen and oxygen atoms in total. The summed E-state index contributed by atoms with van der Waals surface area (Å²) in [5.41, 5.74) is 5.06. The van der Waals surface area contributed by atoms with Crippen LogP contribution in [0.3, 0.4) is 0 Å². The molecule has 0 saturated heterocycles. The molecule has 0 fully saturated rings. The summed E-state index contributed by atoms with van der Waals surface area (Å²) in [6, 6.07) is 14.2. The quantitative estimate of drug-likeness (QED) is 0.673. The van der Waals surface area contributed by atoms with Crippen molar-refractivity contribution < 1.29 is 14.3 Å². The lowest BCUT2D eigenvalue weighted by molar-refractivity contribution is -0.118. The molecule has 0 aromatic heterocycles. The molecule has 0 saturated carbocycles. The van der Waals surface area contributed by atoms with Crippen molar-refractivity contribution in [3.05, 3.63) is 59.7 Å². The third kappa shape index (κ3) is 3.37. The molecule has 2 amide bonds. The fraction of sp³-hybridized carbons (Fsp3) is 0.118. The lowest BCUT2D eigenvalue weighted by Crippen LogP contribution is -2.25. The monoisotopic (exact) mass is 309 g/mol. The topological polar surface area (TPSA) is 79.8 Å². The molecule has 2 aromatic rings. The van der Waals surface area contributed by atoms with Crippen molar-refractivity contribution in [1.82, 2.24) is 5.43 Å². The Morgan fingerprint density at radius 3 is 2.74 bits per heavy atom. The minimum atomic E-state index is -0.278. The van der Waals surface area contributed by atoms with Gasteiger partial charge < -0.3 is 10.1 Å². The summed E-state index contributed by atoms with van der Waals surface area (Å²) in [6.07, 6.45) is 0. The van der Waals surface area contributed by atoms with E-state index in [4.69, 9.17) is 4.74 Å².